The predicted octanol–water partition coefficient (Wildman–Crippen LogP) is 1.29. The first-order valence-corrected chi connectivity index (χ1v) is 5.06. The first-order valence-electron chi connectivity index (χ1n) is 5.06. The third-order valence-electron chi connectivity index (χ3n) is 2.37. The Hall–Kier alpha value is -1.58. The average Bonchev–Trinajstić information content (AvgIpc) is 3.01. The number of nitrogens with one attached hydrogen (secondary N) is 1. The van der Waals surface area contributed by atoms with Gasteiger partial charge in [-0.25, -0.2) is 0 Å². The molecule has 0 saturated heterocycles. The van der Waals surface area contributed by atoms with Crippen molar-refractivity contribution in [3.05, 3.63) is 23.5 Å². The maximum Gasteiger partial charge on any atom is 0.256 e. The number of aryl methyl sites for hydroxylation is 1. The minimum Gasteiger partial charge on any atom is -0.489 e. The van der Waals surface area contributed by atoms with Crippen molar-refractivity contribution in [1.29, 1.82) is 0 Å². The lowest BCUT2D eigenvalue weighted by molar-refractivity contribution is 0.0957. The lowest BCUT2D eigenvalue weighted by atomic mass is 10.1. The summed E-state index contributed by atoms with van der Waals surface area (Å²) in [6.45, 7) is 1.81. The van der Waals surface area contributed by atoms with Crippen LogP contribution < -0.4 is 10.1 Å². The second kappa shape index (κ2) is 3.88. The second-order valence-corrected chi connectivity index (χ2v) is 3.67. The number of hydrogen-bond acceptors (Lipinski definition) is 3. The Morgan fingerprint density at radius 3 is 2.93 bits per heavy atom. The van der Waals surface area contributed by atoms with Crippen LogP contribution in [0.1, 0.15) is 28.9 Å². The van der Waals surface area contributed by atoms with Crippen molar-refractivity contribution in [1.82, 2.24) is 10.3 Å². The van der Waals surface area contributed by atoms with Gasteiger partial charge in [0, 0.05) is 13.2 Å². The lowest BCUT2D eigenvalue weighted by Gasteiger charge is -2.11. The molecular formula is C11H14N2O2. The molecule has 4 heteroatoms. The van der Waals surface area contributed by atoms with Crippen molar-refractivity contribution < 1.29 is 9.53 Å². The standard InChI is InChI=1S/C11H14N2O2/c1-7-10(11(14)12-2)9(5-6-13-7)15-8-3-4-8/h5-6,8H,3-4H2,1-2H3,(H,12,14). The molecule has 1 fully saturated rings. The molecule has 0 atom stereocenters. The number of carbonyl (C=O) groups is 1. The number of carbonyl (C=O) groups excluding carboxylic acids is 1. The van der Waals surface area contributed by atoms with Crippen LogP contribution in [0.15, 0.2) is 12.3 Å². The Bertz CT molecular complexity index is 386. The fourth-order valence-corrected chi connectivity index (χ4v) is 1.41. The maximum atomic E-state index is 11.6. The first kappa shape index (κ1) is 9.96. The molecule has 0 unspecified atom stereocenters. The van der Waals surface area contributed by atoms with Gasteiger partial charge >= 0.3 is 0 Å². The third kappa shape index (κ3) is 2.09. The van der Waals surface area contributed by atoms with Crippen LogP contribution >= 0.6 is 0 Å². The van der Waals surface area contributed by atoms with Crippen molar-refractivity contribution >= 4 is 5.91 Å². The molecule has 1 aromatic heterocycles. The van der Waals surface area contributed by atoms with E-state index in [4.69, 9.17) is 4.74 Å². The number of aromatic nitrogens is 1. The Balaban J connectivity index is 2.33. The number of ether oxygens (including phenoxy) is 1. The van der Waals surface area contributed by atoms with Crippen molar-refractivity contribution in [3.63, 3.8) is 0 Å². The molecule has 80 valence electrons. The maximum absolute atomic E-state index is 11.6. The van der Waals surface area contributed by atoms with Crippen molar-refractivity contribution in [2.45, 2.75) is 25.9 Å². The molecule has 1 saturated carbocycles. The quantitative estimate of drug-likeness (QED) is 0.810. The second-order valence-electron chi connectivity index (χ2n) is 3.67. The van der Waals surface area contributed by atoms with E-state index < -0.39 is 0 Å². The first-order chi connectivity index (χ1) is 7.22. The summed E-state index contributed by atoms with van der Waals surface area (Å²) in [5.74, 6) is 0.501. The lowest BCUT2D eigenvalue weighted by Crippen LogP contribution is -2.21. The van der Waals surface area contributed by atoms with Gasteiger partial charge in [0.25, 0.3) is 5.91 Å². The van der Waals surface area contributed by atoms with Crippen LogP contribution in [0.5, 0.6) is 5.75 Å². The van der Waals surface area contributed by atoms with Gasteiger partial charge in [-0.05, 0) is 25.8 Å². The zero-order valence-corrected chi connectivity index (χ0v) is 8.91. The smallest absolute Gasteiger partial charge is 0.256 e. The number of rotatable bonds is 3. The van der Waals surface area contributed by atoms with Gasteiger partial charge in [-0.15, -0.1) is 0 Å². The van der Waals surface area contributed by atoms with Crippen LogP contribution in [0, 0.1) is 6.92 Å². The van der Waals surface area contributed by atoms with E-state index in [1.807, 2.05) is 6.92 Å². The van der Waals surface area contributed by atoms with Gasteiger partial charge in [0.05, 0.1) is 11.8 Å². The van der Waals surface area contributed by atoms with E-state index in [1.54, 1.807) is 19.3 Å². The van der Waals surface area contributed by atoms with Gasteiger partial charge in [0.1, 0.15) is 11.3 Å². The summed E-state index contributed by atoms with van der Waals surface area (Å²) in [5.41, 5.74) is 1.25. The summed E-state index contributed by atoms with van der Waals surface area (Å²) in [6.07, 6.45) is 4.11. The van der Waals surface area contributed by atoms with Crippen LogP contribution in [-0.2, 0) is 0 Å². The van der Waals surface area contributed by atoms with Gasteiger partial charge in [-0.3, -0.25) is 9.78 Å². The summed E-state index contributed by atoms with van der Waals surface area (Å²) >= 11 is 0. The topological polar surface area (TPSA) is 51.2 Å². The molecule has 1 aliphatic rings. The van der Waals surface area contributed by atoms with E-state index in [2.05, 4.69) is 10.3 Å². The van der Waals surface area contributed by atoms with Gasteiger partial charge in [0.15, 0.2) is 0 Å². The number of amides is 1. The molecule has 1 N–H and O–H groups in total. The molecule has 1 amide bonds. The Morgan fingerprint density at radius 1 is 1.60 bits per heavy atom. The molecule has 15 heavy (non-hydrogen) atoms. The fraction of sp³-hybridized carbons (Fsp3) is 0.455. The highest BCUT2D eigenvalue weighted by atomic mass is 16.5. The van der Waals surface area contributed by atoms with Crippen LogP contribution in [-0.4, -0.2) is 24.0 Å². The molecule has 1 heterocycles. The third-order valence-corrected chi connectivity index (χ3v) is 2.37. The van der Waals surface area contributed by atoms with Gasteiger partial charge in [-0.2, -0.15) is 0 Å². The molecule has 2 rings (SSSR count). The predicted molar refractivity (Wildman–Crippen MR) is 56.0 cm³/mol. The van der Waals surface area contributed by atoms with E-state index in [0.717, 1.165) is 12.8 Å². The van der Waals surface area contributed by atoms with E-state index in [0.29, 0.717) is 17.0 Å². The summed E-state index contributed by atoms with van der Waals surface area (Å²) in [6, 6.07) is 1.75. The molecule has 0 radical (unpaired) electrons. The monoisotopic (exact) mass is 206 g/mol. The molecule has 0 aliphatic heterocycles. The highest BCUT2D eigenvalue weighted by Gasteiger charge is 2.26. The SMILES string of the molecule is CNC(=O)c1c(OC2CC2)ccnc1C. The van der Waals surface area contributed by atoms with Crippen LogP contribution in [0.4, 0.5) is 0 Å². The largest absolute Gasteiger partial charge is 0.489 e. The normalized spacial score (nSPS) is 14.8. The zero-order chi connectivity index (χ0) is 10.8. The minimum atomic E-state index is -0.142. The highest BCUT2D eigenvalue weighted by Crippen LogP contribution is 2.29. The van der Waals surface area contributed by atoms with Gasteiger partial charge < -0.3 is 10.1 Å². The van der Waals surface area contributed by atoms with E-state index >= 15 is 0 Å². The van der Waals surface area contributed by atoms with Gasteiger partial charge in [-0.1, -0.05) is 0 Å². The number of hydrogen-bond donors (Lipinski definition) is 1. The minimum absolute atomic E-state index is 0.142. The van der Waals surface area contributed by atoms with E-state index in [1.165, 1.54) is 0 Å². The Kier molecular flexibility index (Phi) is 2.58. The van der Waals surface area contributed by atoms with E-state index in [9.17, 15) is 4.79 Å². The van der Waals surface area contributed by atoms with Crippen LogP contribution in [0.2, 0.25) is 0 Å². The molecule has 0 bridgehead atoms. The summed E-state index contributed by atoms with van der Waals surface area (Å²) in [4.78, 5) is 15.7. The van der Waals surface area contributed by atoms with Crippen LogP contribution in [0.3, 0.4) is 0 Å². The average molecular weight is 206 g/mol. The summed E-state index contributed by atoms with van der Waals surface area (Å²) in [7, 11) is 1.61. The number of pyridine rings is 1. The highest BCUT2D eigenvalue weighted by molar-refractivity contribution is 5.97. The summed E-state index contributed by atoms with van der Waals surface area (Å²) < 4.78 is 5.66. The zero-order valence-electron chi connectivity index (χ0n) is 8.91. The Morgan fingerprint density at radius 2 is 2.33 bits per heavy atom. The van der Waals surface area contributed by atoms with Crippen molar-refractivity contribution in [3.8, 4) is 5.75 Å². The number of nitrogens with zero attached hydrogens (tertiary/aromatic N) is 1. The molecule has 1 aliphatic carbocycles. The molecule has 4 nitrogen and oxygen atoms in total. The Labute approximate surface area is 88.7 Å². The van der Waals surface area contributed by atoms with Crippen molar-refractivity contribution in [2.75, 3.05) is 7.05 Å². The van der Waals surface area contributed by atoms with Crippen LogP contribution in [0.25, 0.3) is 0 Å². The molecule has 1 aromatic rings. The molecular weight excluding hydrogens is 192 g/mol. The summed E-state index contributed by atoms with van der Waals surface area (Å²) in [5, 5.41) is 2.60. The van der Waals surface area contributed by atoms with E-state index in [-0.39, 0.29) is 12.0 Å². The molecule has 0 spiro atoms. The fourth-order valence-electron chi connectivity index (χ4n) is 1.41. The van der Waals surface area contributed by atoms with Crippen molar-refractivity contribution in [2.24, 2.45) is 0 Å². The van der Waals surface area contributed by atoms with Gasteiger partial charge in [0.2, 0.25) is 0 Å². The molecule has 0 aromatic carbocycles.